The van der Waals surface area contributed by atoms with Crippen LogP contribution in [0.3, 0.4) is 0 Å². The molecule has 0 fully saturated rings. The van der Waals surface area contributed by atoms with Crippen LogP contribution in [-0.4, -0.2) is 0 Å². The van der Waals surface area contributed by atoms with Gasteiger partial charge < -0.3 is 13.7 Å². The van der Waals surface area contributed by atoms with Crippen molar-refractivity contribution < 1.29 is 8.83 Å². The van der Waals surface area contributed by atoms with Gasteiger partial charge in [-0.25, -0.2) is 0 Å². The Kier molecular flexibility index (Phi) is 6.95. The van der Waals surface area contributed by atoms with Crippen LogP contribution >= 0.6 is 0 Å². The number of hydrogen-bond donors (Lipinski definition) is 0. The smallest absolute Gasteiger partial charge is 0.154 e. The van der Waals surface area contributed by atoms with Crippen molar-refractivity contribution in [3.05, 3.63) is 180 Å². The Morgan fingerprint density at radius 3 is 1.84 bits per heavy atom. The summed E-state index contributed by atoms with van der Waals surface area (Å²) in [6.45, 7) is 0. The number of furan rings is 2. The standard InChI is InChI=1S/C48H33NO2/c1-3-13-32(14-4-1)33-25-27-35(28-26-33)49(44-22-12-21-42-39-18-8-10-24-46(39)51-48(42)44)36-29-30-37(43(31-36)34-15-5-2-6-16-34)40-19-11-20-41-38-17-7-9-23-45(38)50-47(40)41/h1-11,13-21,23-31H,12,22H2. The van der Waals surface area contributed by atoms with Crippen LogP contribution in [0.2, 0.25) is 0 Å². The summed E-state index contributed by atoms with van der Waals surface area (Å²) in [5.74, 6) is 0. The molecule has 1 aliphatic rings. The van der Waals surface area contributed by atoms with Gasteiger partial charge in [-0.2, -0.15) is 0 Å². The average molecular weight is 656 g/mol. The third kappa shape index (κ3) is 4.97. The minimum Gasteiger partial charge on any atom is -0.455 e. The van der Waals surface area contributed by atoms with Gasteiger partial charge in [0.15, 0.2) is 5.42 Å². The minimum atomic E-state index is 0.855. The Bertz CT molecular complexity index is 2840. The van der Waals surface area contributed by atoms with Crippen LogP contribution in [0.1, 0.15) is 12.8 Å². The van der Waals surface area contributed by atoms with Crippen LogP contribution in [0, 0.1) is 0 Å². The van der Waals surface area contributed by atoms with E-state index in [1.54, 1.807) is 0 Å². The average Bonchev–Trinajstić information content (AvgIpc) is 3.78. The number of nitrogens with zero attached hydrogens (tertiary/aromatic N) is 1. The number of benzene rings is 7. The molecular formula is C48H33NO2. The highest BCUT2D eigenvalue weighted by Crippen LogP contribution is 2.43. The number of fused-ring (bicyclic) bond motifs is 6. The molecule has 0 atom stereocenters. The van der Waals surface area contributed by atoms with Gasteiger partial charge in [-0.05, 0) is 77.1 Å². The summed E-state index contributed by atoms with van der Waals surface area (Å²) in [6.07, 6.45) is 4.12. The van der Waals surface area contributed by atoms with E-state index in [-0.39, 0.29) is 0 Å². The highest BCUT2D eigenvalue weighted by molar-refractivity contribution is 6.10. The number of para-hydroxylation sites is 3. The van der Waals surface area contributed by atoms with E-state index in [2.05, 4.69) is 163 Å². The molecule has 1 aliphatic carbocycles. The van der Waals surface area contributed by atoms with E-state index in [0.29, 0.717) is 0 Å². The molecule has 0 radical (unpaired) electrons. The summed E-state index contributed by atoms with van der Waals surface area (Å²) in [6, 6.07) is 60.2. The third-order valence-corrected chi connectivity index (χ3v) is 10.2. The highest BCUT2D eigenvalue weighted by atomic mass is 16.3. The Morgan fingerprint density at radius 2 is 1.06 bits per heavy atom. The zero-order valence-electron chi connectivity index (χ0n) is 27.9. The molecular weight excluding hydrogens is 623 g/mol. The zero-order chi connectivity index (χ0) is 33.7. The van der Waals surface area contributed by atoms with Gasteiger partial charge in [-0.1, -0.05) is 140 Å². The van der Waals surface area contributed by atoms with Crippen molar-refractivity contribution in [2.45, 2.75) is 12.8 Å². The molecule has 0 unspecified atom stereocenters. The molecule has 2 aromatic heterocycles. The molecule has 0 amide bonds. The molecule has 2 heterocycles. The number of hydrogen-bond acceptors (Lipinski definition) is 3. The molecule has 7 aromatic carbocycles. The first-order chi connectivity index (χ1) is 25.3. The summed E-state index contributed by atoms with van der Waals surface area (Å²) >= 11 is 0. The second-order valence-corrected chi connectivity index (χ2v) is 13.2. The van der Waals surface area contributed by atoms with Gasteiger partial charge in [0.1, 0.15) is 16.7 Å². The van der Waals surface area contributed by atoms with Crippen molar-refractivity contribution in [1.82, 2.24) is 0 Å². The van der Waals surface area contributed by atoms with Crippen LogP contribution in [0.15, 0.2) is 179 Å². The summed E-state index contributed by atoms with van der Waals surface area (Å²) in [7, 11) is 0. The molecule has 0 saturated heterocycles. The van der Waals surface area contributed by atoms with Crippen molar-refractivity contribution in [1.29, 1.82) is 0 Å². The van der Waals surface area contributed by atoms with Crippen LogP contribution in [0.25, 0.3) is 78.1 Å². The normalized spacial score (nSPS) is 12.7. The van der Waals surface area contributed by atoms with E-state index in [1.165, 1.54) is 16.3 Å². The second-order valence-electron chi connectivity index (χ2n) is 13.2. The molecule has 10 rings (SSSR count). The van der Waals surface area contributed by atoms with Gasteiger partial charge in [-0.3, -0.25) is 0 Å². The number of anilines is 2. The molecule has 0 saturated carbocycles. The van der Waals surface area contributed by atoms with Crippen molar-refractivity contribution in [2.24, 2.45) is 0 Å². The second kappa shape index (κ2) is 12.1. The fourth-order valence-electron chi connectivity index (χ4n) is 7.78. The van der Waals surface area contributed by atoms with Gasteiger partial charge in [0, 0.05) is 38.3 Å². The van der Waals surface area contributed by atoms with Crippen molar-refractivity contribution >= 4 is 56.1 Å². The van der Waals surface area contributed by atoms with E-state index in [1.807, 2.05) is 18.2 Å². The monoisotopic (exact) mass is 655 g/mol. The number of rotatable bonds is 6. The first-order valence-corrected chi connectivity index (χ1v) is 17.6. The third-order valence-electron chi connectivity index (χ3n) is 10.2. The maximum Gasteiger partial charge on any atom is 0.154 e. The fourth-order valence-corrected chi connectivity index (χ4v) is 7.78. The maximum absolute atomic E-state index is 6.68. The summed E-state index contributed by atoms with van der Waals surface area (Å²) in [4.78, 5) is 2.40. The van der Waals surface area contributed by atoms with E-state index in [0.717, 1.165) is 90.5 Å². The minimum absolute atomic E-state index is 0.855. The molecule has 242 valence electrons. The van der Waals surface area contributed by atoms with Gasteiger partial charge in [-0.15, -0.1) is 0 Å². The SMILES string of the molecule is C1=c2c(oc3ccccc23)=C(N(c2ccc(-c3ccccc3)cc2)c2ccc(-c3cccc4c3oc3ccccc34)c(-c3ccccc3)c2)CC1. The maximum atomic E-state index is 6.68. The van der Waals surface area contributed by atoms with Crippen LogP contribution in [0.5, 0.6) is 0 Å². The van der Waals surface area contributed by atoms with Crippen LogP contribution in [-0.2, 0) is 0 Å². The Morgan fingerprint density at radius 1 is 0.431 bits per heavy atom. The van der Waals surface area contributed by atoms with Gasteiger partial charge in [0.05, 0.1) is 5.70 Å². The summed E-state index contributed by atoms with van der Waals surface area (Å²) in [5.41, 5.74) is 13.8. The predicted molar refractivity (Wildman–Crippen MR) is 211 cm³/mol. The van der Waals surface area contributed by atoms with Crippen LogP contribution in [0.4, 0.5) is 11.4 Å². The van der Waals surface area contributed by atoms with Gasteiger partial charge in [0.2, 0.25) is 0 Å². The lowest BCUT2D eigenvalue weighted by molar-refractivity contribution is 0.566. The lowest BCUT2D eigenvalue weighted by atomic mass is 9.92. The Hall–Kier alpha value is -6.58. The van der Waals surface area contributed by atoms with Crippen molar-refractivity contribution in [2.75, 3.05) is 4.90 Å². The first-order valence-electron chi connectivity index (χ1n) is 17.6. The Balaban J connectivity index is 1.22. The molecule has 0 bridgehead atoms. The van der Waals surface area contributed by atoms with E-state index in [4.69, 9.17) is 8.83 Å². The molecule has 0 spiro atoms. The van der Waals surface area contributed by atoms with Gasteiger partial charge in [0.25, 0.3) is 0 Å². The largest absolute Gasteiger partial charge is 0.455 e. The first kappa shape index (κ1) is 29.3. The lowest BCUT2D eigenvalue weighted by Crippen LogP contribution is -2.33. The van der Waals surface area contributed by atoms with E-state index in [9.17, 15) is 0 Å². The van der Waals surface area contributed by atoms with E-state index < -0.39 is 0 Å². The fraction of sp³-hybridized carbons (Fsp3) is 0.0417. The highest BCUT2D eigenvalue weighted by Gasteiger charge is 2.23. The molecule has 3 nitrogen and oxygen atoms in total. The predicted octanol–water partition coefficient (Wildman–Crippen LogP) is 11.9. The molecule has 0 N–H and O–H groups in total. The van der Waals surface area contributed by atoms with Crippen molar-refractivity contribution in [3.63, 3.8) is 0 Å². The molecule has 9 aromatic rings. The van der Waals surface area contributed by atoms with Crippen LogP contribution < -0.4 is 15.5 Å². The quantitative estimate of drug-likeness (QED) is 0.179. The lowest BCUT2D eigenvalue weighted by Gasteiger charge is -2.29. The zero-order valence-corrected chi connectivity index (χ0v) is 27.9. The van der Waals surface area contributed by atoms with E-state index >= 15 is 0 Å². The Labute approximate surface area is 295 Å². The van der Waals surface area contributed by atoms with Gasteiger partial charge >= 0.3 is 0 Å². The summed E-state index contributed by atoms with van der Waals surface area (Å²) < 4.78 is 13.2. The topological polar surface area (TPSA) is 29.5 Å². The molecule has 0 aliphatic heterocycles. The summed E-state index contributed by atoms with van der Waals surface area (Å²) in [5, 5.41) is 4.58. The van der Waals surface area contributed by atoms with Crippen molar-refractivity contribution in [3.8, 4) is 33.4 Å². The molecule has 51 heavy (non-hydrogen) atoms. The molecule has 3 heteroatoms.